The zero-order valence-electron chi connectivity index (χ0n) is 15.5. The van der Waals surface area contributed by atoms with Gasteiger partial charge in [0.25, 0.3) is 5.22 Å². The fourth-order valence-corrected chi connectivity index (χ4v) is 4.51. The van der Waals surface area contributed by atoms with Crippen molar-refractivity contribution in [3.8, 4) is 0 Å². The Morgan fingerprint density at radius 1 is 1.15 bits per heavy atom. The van der Waals surface area contributed by atoms with Crippen LogP contribution in [0.3, 0.4) is 0 Å². The number of hydrogen-bond acceptors (Lipinski definition) is 4. The number of hydrogen-bond donors (Lipinski definition) is 0. The van der Waals surface area contributed by atoms with Crippen LogP contribution in [-0.2, 0) is 11.2 Å². The molecule has 0 bridgehead atoms. The van der Waals surface area contributed by atoms with Crippen LogP contribution in [0.5, 0.6) is 0 Å². The lowest BCUT2D eigenvalue weighted by Gasteiger charge is -2.33. The minimum Gasteiger partial charge on any atom is -0.431 e. The summed E-state index contributed by atoms with van der Waals surface area (Å²) >= 11 is 1.41. The number of nitrogens with zero attached hydrogens (tertiary/aromatic N) is 2. The predicted octanol–water partition coefficient (Wildman–Crippen LogP) is 4.79. The van der Waals surface area contributed by atoms with Crippen LogP contribution < -0.4 is 0 Å². The van der Waals surface area contributed by atoms with Gasteiger partial charge in [-0.2, -0.15) is 0 Å². The van der Waals surface area contributed by atoms with Crippen LogP contribution in [0.15, 0.2) is 64.2 Å². The Morgan fingerprint density at radius 3 is 2.59 bits per heavy atom. The smallest absolute Gasteiger partial charge is 0.257 e. The molecule has 2 aromatic carbocycles. The van der Waals surface area contributed by atoms with E-state index in [-0.39, 0.29) is 11.2 Å². The highest BCUT2D eigenvalue weighted by atomic mass is 32.2. The molecule has 3 aromatic rings. The second-order valence-electron chi connectivity index (χ2n) is 7.17. The molecule has 1 aliphatic heterocycles. The number of thioether (sulfide) groups is 1. The maximum atomic E-state index is 12.8. The molecule has 1 aliphatic rings. The van der Waals surface area contributed by atoms with Crippen LogP contribution in [0.4, 0.5) is 0 Å². The molecule has 0 radical (unpaired) electrons. The van der Waals surface area contributed by atoms with E-state index in [1.54, 1.807) is 0 Å². The van der Waals surface area contributed by atoms with Gasteiger partial charge >= 0.3 is 0 Å². The second-order valence-corrected chi connectivity index (χ2v) is 8.46. The van der Waals surface area contributed by atoms with Crippen LogP contribution >= 0.6 is 11.8 Å². The van der Waals surface area contributed by atoms with E-state index in [1.807, 2.05) is 36.1 Å². The Balaban J connectivity index is 1.30. The minimum absolute atomic E-state index is 0.181. The molecule has 1 amide bonds. The molecule has 1 saturated heterocycles. The Hall–Kier alpha value is -2.27. The van der Waals surface area contributed by atoms with Gasteiger partial charge in [0.2, 0.25) is 5.91 Å². The third kappa shape index (κ3) is 4.35. The van der Waals surface area contributed by atoms with E-state index in [9.17, 15) is 4.79 Å². The number of piperidine rings is 1. The summed E-state index contributed by atoms with van der Waals surface area (Å²) in [6, 6.07) is 18.3. The second kappa shape index (κ2) is 8.17. The molecule has 1 atom stereocenters. The molecule has 0 aliphatic carbocycles. The van der Waals surface area contributed by atoms with Crippen molar-refractivity contribution < 1.29 is 9.21 Å². The van der Waals surface area contributed by atoms with Crippen molar-refractivity contribution in [2.24, 2.45) is 5.92 Å². The van der Waals surface area contributed by atoms with Gasteiger partial charge in [0.1, 0.15) is 5.52 Å². The first-order valence-corrected chi connectivity index (χ1v) is 10.4. The van der Waals surface area contributed by atoms with Crippen molar-refractivity contribution in [1.29, 1.82) is 0 Å². The molecule has 2 heterocycles. The normalized spacial score (nSPS) is 16.6. The highest BCUT2D eigenvalue weighted by Crippen LogP contribution is 2.29. The summed E-state index contributed by atoms with van der Waals surface area (Å²) in [6.07, 6.45) is 3.25. The number of likely N-dealkylation sites (tertiary alicyclic amines) is 1. The SMILES string of the molecule is CC(Sc1nc2ccccc2o1)C(=O)N1CCC(Cc2ccccc2)CC1. The highest BCUT2D eigenvalue weighted by molar-refractivity contribution is 8.00. The minimum atomic E-state index is -0.191. The first kappa shape index (κ1) is 18.1. The molecule has 4 rings (SSSR count). The maximum Gasteiger partial charge on any atom is 0.257 e. The van der Waals surface area contributed by atoms with Gasteiger partial charge < -0.3 is 9.32 Å². The Kier molecular flexibility index (Phi) is 5.48. The number of carbonyl (C=O) groups excluding carboxylic acids is 1. The monoisotopic (exact) mass is 380 g/mol. The zero-order chi connectivity index (χ0) is 18.6. The van der Waals surface area contributed by atoms with Crippen molar-refractivity contribution in [2.45, 2.75) is 36.7 Å². The molecule has 0 spiro atoms. The topological polar surface area (TPSA) is 46.3 Å². The van der Waals surface area contributed by atoms with Gasteiger partial charge in [-0.05, 0) is 49.8 Å². The van der Waals surface area contributed by atoms with Gasteiger partial charge in [-0.3, -0.25) is 4.79 Å². The van der Waals surface area contributed by atoms with E-state index in [0.29, 0.717) is 11.1 Å². The summed E-state index contributed by atoms with van der Waals surface area (Å²) in [6.45, 7) is 3.63. The lowest BCUT2D eigenvalue weighted by molar-refractivity contribution is -0.131. The van der Waals surface area contributed by atoms with E-state index < -0.39 is 0 Å². The number of amides is 1. The number of carbonyl (C=O) groups is 1. The van der Waals surface area contributed by atoms with Crippen LogP contribution in [0.2, 0.25) is 0 Å². The average molecular weight is 381 g/mol. The molecule has 27 heavy (non-hydrogen) atoms. The van der Waals surface area contributed by atoms with E-state index in [0.717, 1.165) is 43.5 Å². The summed E-state index contributed by atoms with van der Waals surface area (Å²) in [5.74, 6) is 0.844. The van der Waals surface area contributed by atoms with Gasteiger partial charge in [-0.15, -0.1) is 0 Å². The standard InChI is InChI=1S/C22H24N2O2S/c1-16(27-22-23-19-9-5-6-10-20(19)26-22)21(25)24-13-11-18(12-14-24)15-17-7-3-2-4-8-17/h2-10,16,18H,11-15H2,1H3. The molecule has 4 nitrogen and oxygen atoms in total. The van der Waals surface area contributed by atoms with Crippen LogP contribution in [0, 0.1) is 5.92 Å². The Bertz CT molecular complexity index is 868. The summed E-state index contributed by atoms with van der Waals surface area (Å²) in [4.78, 5) is 19.3. The summed E-state index contributed by atoms with van der Waals surface area (Å²) < 4.78 is 5.74. The zero-order valence-corrected chi connectivity index (χ0v) is 16.3. The highest BCUT2D eigenvalue weighted by Gasteiger charge is 2.27. The molecule has 1 aromatic heterocycles. The average Bonchev–Trinajstić information content (AvgIpc) is 3.11. The number of aromatic nitrogens is 1. The molecular formula is C22H24N2O2S. The quantitative estimate of drug-likeness (QED) is 0.597. The van der Waals surface area contributed by atoms with Gasteiger partial charge in [0.05, 0.1) is 5.25 Å². The molecule has 140 valence electrons. The number of para-hydroxylation sites is 2. The fourth-order valence-electron chi connectivity index (χ4n) is 3.67. The van der Waals surface area contributed by atoms with Gasteiger partial charge in [0.15, 0.2) is 5.58 Å². The van der Waals surface area contributed by atoms with Crippen molar-refractivity contribution in [3.05, 3.63) is 60.2 Å². The van der Waals surface area contributed by atoms with E-state index in [1.165, 1.54) is 17.3 Å². The lowest BCUT2D eigenvalue weighted by Crippen LogP contribution is -2.42. The maximum absolute atomic E-state index is 12.8. The van der Waals surface area contributed by atoms with E-state index >= 15 is 0 Å². The summed E-state index contributed by atoms with van der Waals surface area (Å²) in [5.41, 5.74) is 2.99. The van der Waals surface area contributed by atoms with E-state index in [4.69, 9.17) is 4.42 Å². The third-order valence-corrected chi connectivity index (χ3v) is 6.12. The van der Waals surface area contributed by atoms with Gasteiger partial charge in [-0.1, -0.05) is 54.2 Å². The van der Waals surface area contributed by atoms with E-state index in [2.05, 4.69) is 35.3 Å². The Morgan fingerprint density at radius 2 is 1.85 bits per heavy atom. The number of fused-ring (bicyclic) bond motifs is 1. The van der Waals surface area contributed by atoms with Crippen molar-refractivity contribution >= 4 is 28.8 Å². The summed E-state index contributed by atoms with van der Waals surface area (Å²) in [5, 5.41) is 0.375. The molecule has 1 fully saturated rings. The Labute approximate surface area is 164 Å². The number of oxazole rings is 1. The van der Waals surface area contributed by atoms with Crippen LogP contribution in [0.25, 0.3) is 11.1 Å². The lowest BCUT2D eigenvalue weighted by atomic mass is 9.90. The fraction of sp³-hybridized carbons (Fsp3) is 0.364. The third-order valence-electron chi connectivity index (χ3n) is 5.19. The predicted molar refractivity (Wildman–Crippen MR) is 109 cm³/mol. The first-order valence-electron chi connectivity index (χ1n) is 9.54. The van der Waals surface area contributed by atoms with Crippen molar-refractivity contribution in [3.63, 3.8) is 0 Å². The van der Waals surface area contributed by atoms with Crippen molar-refractivity contribution in [1.82, 2.24) is 9.88 Å². The van der Waals surface area contributed by atoms with Crippen LogP contribution in [0.1, 0.15) is 25.3 Å². The van der Waals surface area contributed by atoms with Crippen molar-refractivity contribution in [2.75, 3.05) is 13.1 Å². The van der Waals surface area contributed by atoms with Gasteiger partial charge in [-0.25, -0.2) is 4.98 Å². The largest absolute Gasteiger partial charge is 0.431 e. The first-order chi connectivity index (χ1) is 13.2. The molecule has 1 unspecified atom stereocenters. The van der Waals surface area contributed by atoms with Crippen LogP contribution in [-0.4, -0.2) is 34.1 Å². The number of benzene rings is 2. The molecule has 0 N–H and O–H groups in total. The number of rotatable bonds is 5. The summed E-state index contributed by atoms with van der Waals surface area (Å²) in [7, 11) is 0. The molecular weight excluding hydrogens is 356 g/mol. The molecule has 5 heteroatoms. The molecule has 0 saturated carbocycles. The van der Waals surface area contributed by atoms with Gasteiger partial charge in [0, 0.05) is 13.1 Å².